The third kappa shape index (κ3) is 3.77. The van der Waals surface area contributed by atoms with E-state index in [0.717, 1.165) is 4.90 Å². The van der Waals surface area contributed by atoms with Gasteiger partial charge in [-0.2, -0.15) is 0 Å². The average Bonchev–Trinajstić information content (AvgIpc) is 2.35. The predicted octanol–water partition coefficient (Wildman–Crippen LogP) is 0.465. The molecule has 0 aliphatic heterocycles. The van der Waals surface area contributed by atoms with Crippen LogP contribution < -0.4 is 0 Å². The van der Waals surface area contributed by atoms with Gasteiger partial charge in [-0.25, -0.2) is 0 Å². The van der Waals surface area contributed by atoms with Crippen molar-refractivity contribution in [2.75, 3.05) is 13.7 Å². The van der Waals surface area contributed by atoms with Crippen molar-refractivity contribution in [2.45, 2.75) is 22.5 Å². The van der Waals surface area contributed by atoms with E-state index >= 15 is 0 Å². The van der Waals surface area contributed by atoms with Crippen LogP contribution >= 0.6 is 11.8 Å². The van der Waals surface area contributed by atoms with Gasteiger partial charge in [-0.3, -0.25) is 0 Å². The van der Waals surface area contributed by atoms with E-state index in [2.05, 4.69) is 0 Å². The first kappa shape index (κ1) is 13.5. The Balaban J connectivity index is 2.62. The Morgan fingerprint density at radius 3 is 2.38 bits per heavy atom. The van der Waals surface area contributed by atoms with Gasteiger partial charge in [-0.05, 0) is 12.1 Å². The van der Waals surface area contributed by atoms with Gasteiger partial charge < -0.3 is 20.1 Å². The van der Waals surface area contributed by atoms with Crippen LogP contribution in [0.2, 0.25) is 0 Å². The molecule has 3 atom stereocenters. The van der Waals surface area contributed by atoms with Crippen LogP contribution in [0.3, 0.4) is 0 Å². The van der Waals surface area contributed by atoms with Crippen LogP contribution in [-0.2, 0) is 4.74 Å². The van der Waals surface area contributed by atoms with Gasteiger partial charge in [0.05, 0.1) is 6.61 Å². The van der Waals surface area contributed by atoms with E-state index in [-0.39, 0.29) is 0 Å². The zero-order chi connectivity index (χ0) is 12.0. The molecule has 0 heterocycles. The van der Waals surface area contributed by atoms with Gasteiger partial charge in [-0.1, -0.05) is 30.0 Å². The summed E-state index contributed by atoms with van der Waals surface area (Å²) in [4.78, 5) is 0.929. The van der Waals surface area contributed by atoms with Gasteiger partial charge >= 0.3 is 0 Å². The Hall–Kier alpha value is -0.590. The van der Waals surface area contributed by atoms with Crippen LogP contribution in [0.5, 0.6) is 0 Å². The zero-order valence-electron chi connectivity index (χ0n) is 8.98. The van der Waals surface area contributed by atoms with Gasteiger partial charge in [0.1, 0.15) is 17.6 Å². The van der Waals surface area contributed by atoms with E-state index in [1.165, 1.54) is 18.9 Å². The number of benzene rings is 1. The third-order valence-electron chi connectivity index (χ3n) is 2.09. The van der Waals surface area contributed by atoms with Crippen molar-refractivity contribution in [3.05, 3.63) is 30.3 Å². The highest BCUT2D eigenvalue weighted by Crippen LogP contribution is 2.26. The maximum atomic E-state index is 9.68. The number of aliphatic hydroxyl groups is 3. The lowest BCUT2D eigenvalue weighted by molar-refractivity contribution is -0.0594. The smallest absolute Gasteiger partial charge is 0.135 e. The maximum absolute atomic E-state index is 9.68. The molecule has 4 nitrogen and oxygen atoms in total. The monoisotopic (exact) mass is 244 g/mol. The standard InChI is InChI=1S/C11H16O4S/c1-15-11(10(14)9(13)7-12)16-8-5-3-2-4-6-8/h2-6,9-14H,7H2,1H3. The summed E-state index contributed by atoms with van der Waals surface area (Å²) in [5, 5.41) is 27.7. The topological polar surface area (TPSA) is 69.9 Å². The largest absolute Gasteiger partial charge is 0.394 e. The van der Waals surface area contributed by atoms with Crippen LogP contribution in [0.15, 0.2) is 35.2 Å². The summed E-state index contributed by atoms with van der Waals surface area (Å²) in [6, 6.07) is 9.42. The maximum Gasteiger partial charge on any atom is 0.135 e. The number of hydrogen-bond donors (Lipinski definition) is 3. The molecule has 0 radical (unpaired) electrons. The summed E-state index contributed by atoms with van der Waals surface area (Å²) in [5.74, 6) is 0. The van der Waals surface area contributed by atoms with E-state index in [9.17, 15) is 10.2 Å². The van der Waals surface area contributed by atoms with E-state index in [1.807, 2.05) is 30.3 Å². The van der Waals surface area contributed by atoms with Crippen molar-refractivity contribution in [3.8, 4) is 0 Å². The van der Waals surface area contributed by atoms with Crippen LogP contribution in [0, 0.1) is 0 Å². The molecular formula is C11H16O4S. The SMILES string of the molecule is COC(Sc1ccccc1)C(O)C(O)CO. The molecule has 1 aromatic carbocycles. The molecule has 0 saturated carbocycles. The second-order valence-electron chi connectivity index (χ2n) is 3.28. The molecule has 5 heteroatoms. The Bertz CT molecular complexity index is 293. The number of rotatable bonds is 6. The van der Waals surface area contributed by atoms with Crippen molar-refractivity contribution < 1.29 is 20.1 Å². The number of methoxy groups -OCH3 is 1. The minimum absolute atomic E-state index is 0.490. The summed E-state index contributed by atoms with van der Waals surface area (Å²) in [6.45, 7) is -0.490. The number of aliphatic hydroxyl groups excluding tert-OH is 3. The highest BCUT2D eigenvalue weighted by molar-refractivity contribution is 7.99. The van der Waals surface area contributed by atoms with E-state index in [0.29, 0.717) is 0 Å². The molecule has 0 saturated heterocycles. The highest BCUT2D eigenvalue weighted by atomic mass is 32.2. The van der Waals surface area contributed by atoms with E-state index < -0.39 is 24.3 Å². The Morgan fingerprint density at radius 2 is 1.88 bits per heavy atom. The summed E-state index contributed by atoms with van der Waals surface area (Å²) in [5.41, 5.74) is -0.607. The highest BCUT2D eigenvalue weighted by Gasteiger charge is 2.26. The zero-order valence-corrected chi connectivity index (χ0v) is 9.80. The molecule has 90 valence electrons. The number of hydrogen-bond acceptors (Lipinski definition) is 5. The quantitative estimate of drug-likeness (QED) is 0.501. The molecule has 0 amide bonds. The molecule has 0 spiro atoms. The minimum Gasteiger partial charge on any atom is -0.394 e. The minimum atomic E-state index is -1.19. The van der Waals surface area contributed by atoms with E-state index in [1.54, 1.807) is 0 Å². The second-order valence-corrected chi connectivity index (χ2v) is 4.45. The first-order chi connectivity index (χ1) is 7.69. The van der Waals surface area contributed by atoms with Crippen molar-refractivity contribution in [2.24, 2.45) is 0 Å². The third-order valence-corrected chi connectivity index (χ3v) is 3.34. The lowest BCUT2D eigenvalue weighted by Crippen LogP contribution is -2.38. The van der Waals surface area contributed by atoms with Crippen molar-refractivity contribution in [1.29, 1.82) is 0 Å². The predicted molar refractivity (Wildman–Crippen MR) is 62.2 cm³/mol. The second kappa shape index (κ2) is 6.88. The molecule has 0 aliphatic rings. The van der Waals surface area contributed by atoms with Gasteiger partial charge in [0.15, 0.2) is 0 Å². The van der Waals surface area contributed by atoms with Crippen molar-refractivity contribution in [3.63, 3.8) is 0 Å². The molecule has 0 fully saturated rings. The van der Waals surface area contributed by atoms with E-state index in [4.69, 9.17) is 9.84 Å². The number of thioether (sulfide) groups is 1. The van der Waals surface area contributed by atoms with Gasteiger partial charge in [-0.15, -0.1) is 0 Å². The molecule has 1 aromatic rings. The molecule has 0 bridgehead atoms. The summed E-state index contributed by atoms with van der Waals surface area (Å²) >= 11 is 1.30. The molecular weight excluding hydrogens is 228 g/mol. The normalized spacial score (nSPS) is 16.8. The number of ether oxygens (including phenoxy) is 1. The van der Waals surface area contributed by atoms with Crippen LogP contribution in [0.4, 0.5) is 0 Å². The van der Waals surface area contributed by atoms with Gasteiger partial charge in [0.25, 0.3) is 0 Å². The fraction of sp³-hybridized carbons (Fsp3) is 0.455. The molecule has 1 rings (SSSR count). The van der Waals surface area contributed by atoms with Crippen molar-refractivity contribution in [1.82, 2.24) is 0 Å². The Morgan fingerprint density at radius 1 is 1.25 bits per heavy atom. The van der Waals surface area contributed by atoms with Gasteiger partial charge in [0.2, 0.25) is 0 Å². The molecule has 3 unspecified atom stereocenters. The fourth-order valence-corrected chi connectivity index (χ4v) is 2.18. The fourth-order valence-electron chi connectivity index (χ4n) is 1.18. The Labute approximate surface area is 98.9 Å². The van der Waals surface area contributed by atoms with Crippen LogP contribution in [-0.4, -0.2) is 46.7 Å². The first-order valence-corrected chi connectivity index (χ1v) is 5.78. The lowest BCUT2D eigenvalue weighted by atomic mass is 10.2. The Kier molecular flexibility index (Phi) is 5.79. The van der Waals surface area contributed by atoms with Crippen molar-refractivity contribution >= 4 is 11.8 Å². The van der Waals surface area contributed by atoms with Crippen LogP contribution in [0.1, 0.15) is 0 Å². The molecule has 16 heavy (non-hydrogen) atoms. The summed E-state index contributed by atoms with van der Waals surface area (Å²) in [7, 11) is 1.45. The summed E-state index contributed by atoms with van der Waals surface area (Å²) in [6.07, 6.45) is -2.32. The lowest BCUT2D eigenvalue weighted by Gasteiger charge is -2.24. The van der Waals surface area contributed by atoms with Crippen LogP contribution in [0.25, 0.3) is 0 Å². The molecule has 0 aromatic heterocycles. The summed E-state index contributed by atoms with van der Waals surface area (Å²) < 4.78 is 5.08. The molecule has 0 aliphatic carbocycles. The average molecular weight is 244 g/mol. The molecule has 3 N–H and O–H groups in total. The first-order valence-electron chi connectivity index (χ1n) is 4.90. The van der Waals surface area contributed by atoms with Gasteiger partial charge in [0, 0.05) is 12.0 Å².